The fourth-order valence-corrected chi connectivity index (χ4v) is 4.30. The fraction of sp³-hybridized carbons (Fsp3) is 0.100. The minimum atomic E-state index is -1.33. The molecule has 0 aliphatic carbocycles. The molecule has 1 unspecified atom stereocenters. The largest absolute Gasteiger partial charge is 0.507 e. The maximum Gasteiger partial charge on any atom is 0.339 e. The summed E-state index contributed by atoms with van der Waals surface area (Å²) >= 11 is 12.5. The zero-order valence-corrected chi connectivity index (χ0v) is 17.8. The molecule has 0 aromatic heterocycles. The van der Waals surface area contributed by atoms with Gasteiger partial charge in [-0.2, -0.15) is 0 Å². The van der Waals surface area contributed by atoms with Crippen molar-refractivity contribution in [2.24, 2.45) is 0 Å². The Kier molecular flexibility index (Phi) is 6.45. The number of carbonyl (C=O) groups is 3. The molecule has 154 valence electrons. The number of nitrogens with zero attached hydrogens (tertiary/aromatic N) is 1. The summed E-state index contributed by atoms with van der Waals surface area (Å²) in [5.74, 6) is -2.75. The van der Waals surface area contributed by atoms with Crippen LogP contribution in [0.3, 0.4) is 0 Å². The molecular formula is C20H15ClN2O5S2. The number of hydrogen-bond acceptors (Lipinski definition) is 6. The van der Waals surface area contributed by atoms with E-state index in [0.717, 1.165) is 23.9 Å². The van der Waals surface area contributed by atoms with Crippen molar-refractivity contribution in [3.8, 4) is 5.75 Å². The van der Waals surface area contributed by atoms with Gasteiger partial charge in [0.05, 0.1) is 4.91 Å². The molecule has 0 radical (unpaired) electrons. The molecule has 1 saturated heterocycles. The van der Waals surface area contributed by atoms with Crippen molar-refractivity contribution >= 4 is 69.4 Å². The second kappa shape index (κ2) is 8.86. The van der Waals surface area contributed by atoms with Crippen LogP contribution in [0.1, 0.15) is 22.8 Å². The van der Waals surface area contributed by atoms with Crippen molar-refractivity contribution in [2.45, 2.75) is 13.0 Å². The Hall–Kier alpha value is -2.88. The Morgan fingerprint density at radius 2 is 1.97 bits per heavy atom. The van der Waals surface area contributed by atoms with Crippen LogP contribution < -0.4 is 5.32 Å². The Balaban J connectivity index is 1.79. The number of anilines is 1. The molecule has 0 bridgehead atoms. The van der Waals surface area contributed by atoms with Crippen LogP contribution in [0.5, 0.6) is 5.75 Å². The predicted octanol–water partition coefficient (Wildman–Crippen LogP) is 3.97. The molecule has 2 aromatic rings. The number of rotatable bonds is 5. The second-order valence-electron chi connectivity index (χ2n) is 6.28. The van der Waals surface area contributed by atoms with Gasteiger partial charge in [0.1, 0.15) is 21.7 Å². The lowest BCUT2D eigenvalue weighted by Gasteiger charge is -2.22. The number of benzene rings is 2. The highest BCUT2D eigenvalue weighted by atomic mass is 35.5. The number of carbonyl (C=O) groups excluding carboxylic acids is 2. The van der Waals surface area contributed by atoms with Crippen LogP contribution in [-0.2, 0) is 9.59 Å². The number of halogens is 1. The van der Waals surface area contributed by atoms with Crippen molar-refractivity contribution in [3.05, 3.63) is 63.5 Å². The molecule has 1 heterocycles. The molecule has 30 heavy (non-hydrogen) atoms. The van der Waals surface area contributed by atoms with Crippen LogP contribution in [0.4, 0.5) is 5.69 Å². The average molecular weight is 463 g/mol. The van der Waals surface area contributed by atoms with E-state index in [1.807, 2.05) is 0 Å². The molecule has 1 aliphatic heterocycles. The van der Waals surface area contributed by atoms with Crippen LogP contribution in [0, 0.1) is 0 Å². The second-order valence-corrected chi connectivity index (χ2v) is 8.36. The van der Waals surface area contributed by atoms with Crippen LogP contribution >= 0.6 is 35.6 Å². The van der Waals surface area contributed by atoms with Gasteiger partial charge in [0.2, 0.25) is 5.91 Å². The fourth-order valence-electron chi connectivity index (χ4n) is 2.70. The molecule has 3 N–H and O–H groups in total. The number of aromatic carboxylic acids is 1. The molecule has 1 atom stereocenters. The van der Waals surface area contributed by atoms with E-state index in [1.165, 1.54) is 17.9 Å². The smallest absolute Gasteiger partial charge is 0.339 e. The number of thiocarbonyl (C=S) groups is 1. The molecular weight excluding hydrogens is 448 g/mol. The number of aromatic hydroxyl groups is 1. The zero-order valence-electron chi connectivity index (χ0n) is 15.5. The monoisotopic (exact) mass is 462 g/mol. The quantitative estimate of drug-likeness (QED) is 0.350. The highest BCUT2D eigenvalue weighted by Crippen LogP contribution is 2.35. The summed E-state index contributed by atoms with van der Waals surface area (Å²) in [6, 6.07) is 9.72. The maximum atomic E-state index is 12.8. The van der Waals surface area contributed by atoms with Gasteiger partial charge in [-0.25, -0.2) is 4.79 Å². The number of thioether (sulfide) groups is 1. The normalized spacial score (nSPS) is 16.1. The van der Waals surface area contributed by atoms with Crippen LogP contribution in [0.15, 0.2) is 47.4 Å². The van der Waals surface area contributed by atoms with Gasteiger partial charge in [-0.3, -0.25) is 14.5 Å². The number of carboxylic acid groups (broad SMARTS) is 1. The van der Waals surface area contributed by atoms with Crippen LogP contribution in [0.2, 0.25) is 5.02 Å². The number of carboxylic acids is 1. The van der Waals surface area contributed by atoms with Gasteiger partial charge in [-0.1, -0.05) is 53.8 Å². The Labute approximate surface area is 186 Å². The third-order valence-corrected chi connectivity index (χ3v) is 5.95. The summed E-state index contributed by atoms with van der Waals surface area (Å²) in [5.41, 5.74) is 0.468. The SMILES string of the molecule is CC(C(=O)Nc1ccc(O)c(C(=O)O)c1)N1C(=O)/C(=C/c2ccccc2Cl)SC1=S. The summed E-state index contributed by atoms with van der Waals surface area (Å²) in [6.07, 6.45) is 1.62. The summed E-state index contributed by atoms with van der Waals surface area (Å²) < 4.78 is 0.220. The molecule has 1 aliphatic rings. The van der Waals surface area contributed by atoms with Crippen molar-refractivity contribution in [3.63, 3.8) is 0 Å². The van der Waals surface area contributed by atoms with Crippen molar-refractivity contribution in [2.75, 3.05) is 5.32 Å². The van der Waals surface area contributed by atoms with Gasteiger partial charge in [0.25, 0.3) is 5.91 Å². The van der Waals surface area contributed by atoms with Crippen LogP contribution in [0.25, 0.3) is 6.08 Å². The van der Waals surface area contributed by atoms with Crippen molar-refractivity contribution in [1.29, 1.82) is 0 Å². The maximum absolute atomic E-state index is 12.8. The first-order valence-electron chi connectivity index (χ1n) is 8.58. The summed E-state index contributed by atoms with van der Waals surface area (Å²) in [4.78, 5) is 38.2. The van der Waals surface area contributed by atoms with Gasteiger partial charge in [0, 0.05) is 10.7 Å². The molecule has 0 saturated carbocycles. The van der Waals surface area contributed by atoms with E-state index >= 15 is 0 Å². The van der Waals surface area contributed by atoms with Gasteiger partial charge >= 0.3 is 5.97 Å². The van der Waals surface area contributed by atoms with E-state index < -0.39 is 29.6 Å². The van der Waals surface area contributed by atoms with Gasteiger partial charge in [-0.15, -0.1) is 0 Å². The van der Waals surface area contributed by atoms with Crippen LogP contribution in [-0.4, -0.2) is 43.3 Å². The minimum absolute atomic E-state index is 0.166. The highest BCUT2D eigenvalue weighted by Gasteiger charge is 2.38. The van der Waals surface area contributed by atoms with Gasteiger partial charge in [-0.05, 0) is 42.8 Å². The number of phenols is 1. The summed E-state index contributed by atoms with van der Waals surface area (Å²) in [6.45, 7) is 1.51. The molecule has 1 fully saturated rings. The molecule has 3 rings (SSSR count). The Morgan fingerprint density at radius 3 is 2.63 bits per heavy atom. The summed E-state index contributed by atoms with van der Waals surface area (Å²) in [7, 11) is 0. The first-order valence-corrected chi connectivity index (χ1v) is 10.2. The number of amides is 2. The lowest BCUT2D eigenvalue weighted by Crippen LogP contribution is -2.44. The summed E-state index contributed by atoms with van der Waals surface area (Å²) in [5, 5.41) is 21.7. The minimum Gasteiger partial charge on any atom is -0.507 e. The standard InChI is InChI=1S/C20H15ClN2O5S2/c1-10(17(25)22-12-6-7-15(24)13(9-12)19(27)28)23-18(26)16(30-20(23)29)8-11-4-2-3-5-14(11)21/h2-10,24H,1H3,(H,22,25)(H,27,28)/b16-8-. The van der Waals surface area contributed by atoms with E-state index in [9.17, 15) is 19.5 Å². The molecule has 10 heteroatoms. The van der Waals surface area contributed by atoms with Gasteiger partial charge < -0.3 is 15.5 Å². The van der Waals surface area contributed by atoms with E-state index in [4.69, 9.17) is 28.9 Å². The van der Waals surface area contributed by atoms with Gasteiger partial charge in [0.15, 0.2) is 0 Å². The molecule has 2 amide bonds. The molecule has 0 spiro atoms. The van der Waals surface area contributed by atoms with E-state index in [2.05, 4.69) is 5.32 Å². The Morgan fingerprint density at radius 1 is 1.27 bits per heavy atom. The van der Waals surface area contributed by atoms with E-state index in [-0.39, 0.29) is 15.6 Å². The zero-order chi connectivity index (χ0) is 22.0. The number of nitrogens with one attached hydrogen (secondary N) is 1. The van der Waals surface area contributed by atoms with Crippen molar-refractivity contribution < 1.29 is 24.6 Å². The first kappa shape index (κ1) is 21.8. The van der Waals surface area contributed by atoms with Crippen molar-refractivity contribution in [1.82, 2.24) is 4.90 Å². The van der Waals surface area contributed by atoms with E-state index in [0.29, 0.717) is 15.5 Å². The third kappa shape index (κ3) is 4.48. The molecule has 7 nitrogen and oxygen atoms in total. The first-order chi connectivity index (χ1) is 14.2. The van der Waals surface area contributed by atoms with E-state index in [1.54, 1.807) is 30.3 Å². The number of hydrogen-bond donors (Lipinski definition) is 3. The average Bonchev–Trinajstić information content (AvgIpc) is 2.97. The topological polar surface area (TPSA) is 107 Å². The predicted molar refractivity (Wildman–Crippen MR) is 120 cm³/mol. The Bertz CT molecular complexity index is 1100. The molecule has 2 aromatic carbocycles. The lowest BCUT2D eigenvalue weighted by molar-refractivity contribution is -0.129. The lowest BCUT2D eigenvalue weighted by atomic mass is 10.1. The highest BCUT2D eigenvalue weighted by molar-refractivity contribution is 8.26. The third-order valence-electron chi connectivity index (χ3n) is 4.28.